The van der Waals surface area contributed by atoms with Gasteiger partial charge in [-0.2, -0.15) is 5.26 Å². The number of benzene rings is 3. The zero-order valence-corrected chi connectivity index (χ0v) is 23.2. The molecule has 0 fully saturated rings. The highest BCUT2D eigenvalue weighted by molar-refractivity contribution is 5.75. The zero-order chi connectivity index (χ0) is 28.0. The van der Waals surface area contributed by atoms with E-state index in [-0.39, 0.29) is 5.54 Å². The van der Waals surface area contributed by atoms with Crippen LogP contribution in [0, 0.1) is 23.7 Å². The monoisotopic (exact) mass is 503 g/mol. The average molecular weight is 504 g/mol. The third-order valence-electron chi connectivity index (χ3n) is 6.77. The fourth-order valence-corrected chi connectivity index (χ4v) is 4.42. The van der Waals surface area contributed by atoms with Gasteiger partial charge in [-0.05, 0) is 77.8 Å². The molecular weight excluding hydrogens is 462 g/mol. The van der Waals surface area contributed by atoms with Crippen LogP contribution >= 0.6 is 0 Å². The summed E-state index contributed by atoms with van der Waals surface area (Å²) in [6.07, 6.45) is 10.8. The summed E-state index contributed by atoms with van der Waals surface area (Å²) in [7, 11) is 2.10. The minimum Gasteiger partial charge on any atom is -0.375 e. The van der Waals surface area contributed by atoms with Gasteiger partial charge in [0.05, 0.1) is 11.6 Å². The van der Waals surface area contributed by atoms with Crippen LogP contribution in [0.3, 0.4) is 0 Å². The number of nitriles is 1. The molecule has 0 aliphatic rings. The first-order valence-electron chi connectivity index (χ1n) is 13.2. The lowest BCUT2D eigenvalue weighted by molar-refractivity contribution is 0.404. The van der Waals surface area contributed by atoms with E-state index < -0.39 is 0 Å². The maximum atomic E-state index is 9.71. The maximum absolute atomic E-state index is 9.71. The number of rotatable bonds is 11. The molecule has 38 heavy (non-hydrogen) atoms. The summed E-state index contributed by atoms with van der Waals surface area (Å²) >= 11 is 0. The Morgan fingerprint density at radius 1 is 1.03 bits per heavy atom. The molecule has 196 valence electrons. The van der Waals surface area contributed by atoms with E-state index >= 15 is 0 Å². The third kappa shape index (κ3) is 8.81. The van der Waals surface area contributed by atoms with E-state index in [0.29, 0.717) is 5.56 Å². The molecule has 1 atom stereocenters. The number of hydrogen-bond acceptors (Lipinski definition) is 3. The second-order valence-corrected chi connectivity index (χ2v) is 9.72. The van der Waals surface area contributed by atoms with Crippen molar-refractivity contribution < 1.29 is 0 Å². The van der Waals surface area contributed by atoms with Gasteiger partial charge in [-0.1, -0.05) is 93.9 Å². The van der Waals surface area contributed by atoms with Crippen LogP contribution in [0.4, 0.5) is 0 Å². The van der Waals surface area contributed by atoms with Gasteiger partial charge in [0.25, 0.3) is 0 Å². The molecule has 3 heteroatoms. The fraction of sp³-hybridized carbons (Fsp3) is 0.286. The van der Waals surface area contributed by atoms with Crippen LogP contribution in [-0.4, -0.2) is 24.0 Å². The van der Waals surface area contributed by atoms with Gasteiger partial charge in [-0.3, -0.25) is 0 Å². The Labute approximate surface area is 230 Å². The molecule has 3 rings (SSSR count). The molecule has 0 saturated carbocycles. The Morgan fingerprint density at radius 2 is 1.66 bits per heavy atom. The van der Waals surface area contributed by atoms with Gasteiger partial charge in [0.1, 0.15) is 0 Å². The third-order valence-corrected chi connectivity index (χ3v) is 6.77. The van der Waals surface area contributed by atoms with Gasteiger partial charge in [-0.25, -0.2) is 0 Å². The van der Waals surface area contributed by atoms with Crippen molar-refractivity contribution in [3.8, 4) is 29.5 Å². The standard InChI is InChI=1S/C31H37N3.C4H4/c1-5-7-17-34(4)24(3)28-18-26(19-29(20-28)30-16-12-11-15-27(30)23-32)22-31(33,6-2)21-25-13-9-8-10-14-25;1-3-4-2/h8-16,18-20H,3,5-7,17,21-22,33H2,1-2,4H3;1,4H,2H2. The lowest BCUT2D eigenvalue weighted by atomic mass is 9.82. The first kappa shape index (κ1) is 30.2. The van der Waals surface area contributed by atoms with Gasteiger partial charge in [0, 0.05) is 24.8 Å². The first-order chi connectivity index (χ1) is 18.3. The van der Waals surface area contributed by atoms with E-state index in [1.165, 1.54) is 17.2 Å². The number of nitrogens with zero attached hydrogens (tertiary/aromatic N) is 2. The Balaban J connectivity index is 0.00000118. The summed E-state index contributed by atoms with van der Waals surface area (Å²) in [4.78, 5) is 2.22. The molecule has 2 N–H and O–H groups in total. The van der Waals surface area contributed by atoms with Gasteiger partial charge in [-0.15, -0.1) is 6.42 Å². The predicted octanol–water partition coefficient (Wildman–Crippen LogP) is 7.63. The summed E-state index contributed by atoms with van der Waals surface area (Å²) in [5.41, 5.74) is 13.8. The van der Waals surface area contributed by atoms with Crippen molar-refractivity contribution in [1.29, 1.82) is 5.26 Å². The molecule has 1 unspecified atom stereocenters. The SMILES string of the molecule is C#CC=C.C=C(c1cc(CC(N)(CC)Cc2ccccc2)cc(-c2ccccc2C#N)c1)N(C)CCCC. The normalized spacial score (nSPS) is 11.6. The Bertz CT molecular complexity index is 1280. The molecule has 3 aromatic carbocycles. The van der Waals surface area contributed by atoms with E-state index in [1.54, 1.807) is 0 Å². The molecule has 0 bridgehead atoms. The van der Waals surface area contributed by atoms with Crippen LogP contribution in [0.5, 0.6) is 0 Å². The molecule has 0 aromatic heterocycles. The predicted molar refractivity (Wildman–Crippen MR) is 163 cm³/mol. The second-order valence-electron chi connectivity index (χ2n) is 9.72. The summed E-state index contributed by atoms with van der Waals surface area (Å²) in [6.45, 7) is 13.0. The van der Waals surface area contributed by atoms with Crippen molar-refractivity contribution >= 4 is 5.70 Å². The summed E-state index contributed by atoms with van der Waals surface area (Å²) in [6, 6.07) is 27.2. The topological polar surface area (TPSA) is 53.1 Å². The van der Waals surface area contributed by atoms with Crippen molar-refractivity contribution in [2.45, 2.75) is 51.5 Å². The van der Waals surface area contributed by atoms with E-state index in [0.717, 1.165) is 61.0 Å². The molecule has 0 radical (unpaired) electrons. The highest BCUT2D eigenvalue weighted by atomic mass is 15.1. The van der Waals surface area contributed by atoms with Gasteiger partial charge >= 0.3 is 0 Å². The number of terminal acetylenes is 1. The van der Waals surface area contributed by atoms with Crippen LogP contribution in [0.15, 0.2) is 92.0 Å². The Hall–Kier alpha value is -4.05. The Kier molecular flexibility index (Phi) is 12.1. The molecule has 3 nitrogen and oxygen atoms in total. The largest absolute Gasteiger partial charge is 0.375 e. The molecule has 0 aliphatic carbocycles. The van der Waals surface area contributed by atoms with E-state index in [2.05, 4.69) is 99.8 Å². The highest BCUT2D eigenvalue weighted by Gasteiger charge is 2.25. The quantitative estimate of drug-likeness (QED) is 0.274. The smallest absolute Gasteiger partial charge is 0.0998 e. The van der Waals surface area contributed by atoms with Gasteiger partial charge in [0.2, 0.25) is 0 Å². The maximum Gasteiger partial charge on any atom is 0.0998 e. The van der Waals surface area contributed by atoms with Crippen LogP contribution in [0.25, 0.3) is 16.8 Å². The van der Waals surface area contributed by atoms with Gasteiger partial charge in [0.15, 0.2) is 0 Å². The van der Waals surface area contributed by atoms with Crippen LogP contribution < -0.4 is 5.73 Å². The van der Waals surface area contributed by atoms with E-state index in [1.807, 2.05) is 30.3 Å². The van der Waals surface area contributed by atoms with E-state index in [9.17, 15) is 5.26 Å². The zero-order valence-electron chi connectivity index (χ0n) is 23.2. The molecule has 3 aromatic rings. The summed E-state index contributed by atoms with van der Waals surface area (Å²) < 4.78 is 0. The average Bonchev–Trinajstić information content (AvgIpc) is 2.95. The van der Waals surface area contributed by atoms with Crippen molar-refractivity contribution in [2.24, 2.45) is 5.73 Å². The second kappa shape index (κ2) is 15.3. The molecule has 0 spiro atoms. The van der Waals surface area contributed by atoms with Crippen molar-refractivity contribution in [3.05, 3.63) is 114 Å². The lowest BCUT2D eigenvalue weighted by Crippen LogP contribution is -2.43. The summed E-state index contributed by atoms with van der Waals surface area (Å²) in [5.74, 6) is 2.19. The van der Waals surface area contributed by atoms with Crippen molar-refractivity contribution in [3.63, 3.8) is 0 Å². The summed E-state index contributed by atoms with van der Waals surface area (Å²) in [5, 5.41) is 9.71. The number of hydrogen-bond donors (Lipinski definition) is 1. The molecule has 0 aliphatic heterocycles. The van der Waals surface area contributed by atoms with Crippen LogP contribution in [0.2, 0.25) is 0 Å². The molecule has 0 saturated heterocycles. The number of allylic oxidation sites excluding steroid dienone is 1. The first-order valence-corrected chi connectivity index (χ1v) is 13.2. The highest BCUT2D eigenvalue weighted by Crippen LogP contribution is 2.31. The molecule has 0 amide bonds. The lowest BCUT2D eigenvalue weighted by Gasteiger charge is -2.30. The van der Waals surface area contributed by atoms with Crippen LogP contribution in [0.1, 0.15) is 55.4 Å². The van der Waals surface area contributed by atoms with Crippen molar-refractivity contribution in [1.82, 2.24) is 4.90 Å². The minimum absolute atomic E-state index is 0.360. The number of nitrogens with two attached hydrogens (primary N) is 1. The van der Waals surface area contributed by atoms with Crippen molar-refractivity contribution in [2.75, 3.05) is 13.6 Å². The molecule has 0 heterocycles. The number of unbranched alkanes of at least 4 members (excludes halogenated alkanes) is 1. The minimum atomic E-state index is -0.360. The Morgan fingerprint density at radius 3 is 2.26 bits per heavy atom. The molecular formula is C35H41N3. The fourth-order valence-electron chi connectivity index (χ4n) is 4.42. The van der Waals surface area contributed by atoms with E-state index in [4.69, 9.17) is 5.73 Å². The van der Waals surface area contributed by atoms with Crippen LogP contribution in [-0.2, 0) is 12.8 Å². The van der Waals surface area contributed by atoms with Gasteiger partial charge < -0.3 is 10.6 Å².